The Morgan fingerprint density at radius 1 is 1.38 bits per heavy atom. The first kappa shape index (κ1) is 16.5. The molecule has 0 radical (unpaired) electrons. The van der Waals surface area contributed by atoms with Gasteiger partial charge in [-0.15, -0.1) is 0 Å². The van der Waals surface area contributed by atoms with Crippen molar-refractivity contribution >= 4 is 11.6 Å². The minimum absolute atomic E-state index is 0.0427. The molecule has 1 unspecified atom stereocenters. The quantitative estimate of drug-likeness (QED) is 0.885. The van der Waals surface area contributed by atoms with E-state index >= 15 is 0 Å². The van der Waals surface area contributed by atoms with Crippen LogP contribution in [0.4, 0.5) is 5.69 Å². The lowest BCUT2D eigenvalue weighted by atomic mass is 10.1. The normalized spacial score (nSPS) is 17.7. The van der Waals surface area contributed by atoms with E-state index < -0.39 is 0 Å². The zero-order chi connectivity index (χ0) is 16.9. The number of piperidine rings is 1. The van der Waals surface area contributed by atoms with Crippen molar-refractivity contribution in [1.82, 2.24) is 15.1 Å². The first-order valence-electron chi connectivity index (χ1n) is 8.46. The summed E-state index contributed by atoms with van der Waals surface area (Å²) in [5, 5.41) is 10.7. The molecule has 0 saturated carbocycles. The highest BCUT2D eigenvalue weighted by Crippen LogP contribution is 2.25. The van der Waals surface area contributed by atoms with Crippen molar-refractivity contribution in [3.8, 4) is 5.75 Å². The van der Waals surface area contributed by atoms with E-state index in [1.54, 1.807) is 6.07 Å². The van der Waals surface area contributed by atoms with Gasteiger partial charge < -0.3 is 15.4 Å². The maximum absolute atomic E-state index is 12.5. The highest BCUT2D eigenvalue weighted by molar-refractivity contribution is 6.03. The van der Waals surface area contributed by atoms with Crippen LogP contribution in [0.1, 0.15) is 43.2 Å². The van der Waals surface area contributed by atoms with E-state index in [0.717, 1.165) is 25.9 Å². The number of aromatic nitrogens is 2. The lowest BCUT2D eigenvalue weighted by molar-refractivity contribution is 0.102. The van der Waals surface area contributed by atoms with E-state index in [0.29, 0.717) is 23.2 Å². The molecule has 24 heavy (non-hydrogen) atoms. The van der Waals surface area contributed by atoms with Gasteiger partial charge in [0.25, 0.3) is 5.91 Å². The van der Waals surface area contributed by atoms with Gasteiger partial charge in [0.2, 0.25) is 0 Å². The molecule has 1 fully saturated rings. The standard InChI is InChI=1S/C18H24N4O2/c1-13(2)24-17-8-4-3-7-15(17)20-18(23)16-9-11-22(21-16)14-6-5-10-19-12-14/h3-4,7-9,11,13-14,19H,5-6,10,12H2,1-2H3,(H,20,23). The molecule has 1 aromatic heterocycles. The lowest BCUT2D eigenvalue weighted by Crippen LogP contribution is -2.32. The average Bonchev–Trinajstić information content (AvgIpc) is 3.07. The van der Waals surface area contributed by atoms with Crippen molar-refractivity contribution in [1.29, 1.82) is 0 Å². The van der Waals surface area contributed by atoms with Crippen LogP contribution in [0.15, 0.2) is 36.5 Å². The fraction of sp³-hybridized carbons (Fsp3) is 0.444. The van der Waals surface area contributed by atoms with E-state index in [1.165, 1.54) is 0 Å². The van der Waals surface area contributed by atoms with Crippen LogP contribution in [0.2, 0.25) is 0 Å². The van der Waals surface area contributed by atoms with Gasteiger partial charge in [-0.3, -0.25) is 9.48 Å². The molecule has 1 amide bonds. The molecule has 0 aliphatic carbocycles. The van der Waals surface area contributed by atoms with E-state index in [4.69, 9.17) is 4.74 Å². The summed E-state index contributed by atoms with van der Waals surface area (Å²) >= 11 is 0. The van der Waals surface area contributed by atoms with Crippen LogP contribution in [0.25, 0.3) is 0 Å². The molecule has 3 rings (SSSR count). The highest BCUT2D eigenvalue weighted by atomic mass is 16.5. The van der Waals surface area contributed by atoms with E-state index in [9.17, 15) is 4.79 Å². The second-order valence-corrected chi connectivity index (χ2v) is 6.30. The summed E-state index contributed by atoms with van der Waals surface area (Å²) in [6.45, 7) is 5.86. The zero-order valence-corrected chi connectivity index (χ0v) is 14.2. The SMILES string of the molecule is CC(C)Oc1ccccc1NC(=O)c1ccn(C2CCCNC2)n1. The molecular weight excluding hydrogens is 304 g/mol. The summed E-state index contributed by atoms with van der Waals surface area (Å²) in [5.41, 5.74) is 1.07. The van der Waals surface area contributed by atoms with Gasteiger partial charge >= 0.3 is 0 Å². The number of carbonyl (C=O) groups is 1. The fourth-order valence-corrected chi connectivity index (χ4v) is 2.83. The van der Waals surface area contributed by atoms with Crippen LogP contribution >= 0.6 is 0 Å². The summed E-state index contributed by atoms with van der Waals surface area (Å²) < 4.78 is 7.62. The Morgan fingerprint density at radius 2 is 2.21 bits per heavy atom. The summed E-state index contributed by atoms with van der Waals surface area (Å²) in [5.74, 6) is 0.439. The third kappa shape index (κ3) is 3.94. The van der Waals surface area contributed by atoms with Crippen molar-refractivity contribution in [2.24, 2.45) is 0 Å². The molecule has 1 aliphatic heterocycles. The Hall–Kier alpha value is -2.34. The zero-order valence-electron chi connectivity index (χ0n) is 14.2. The van der Waals surface area contributed by atoms with Crippen LogP contribution < -0.4 is 15.4 Å². The van der Waals surface area contributed by atoms with Crippen LogP contribution in [0.5, 0.6) is 5.75 Å². The molecule has 0 bridgehead atoms. The molecule has 2 N–H and O–H groups in total. The second kappa shape index (κ2) is 7.49. The number of carbonyl (C=O) groups excluding carboxylic acids is 1. The second-order valence-electron chi connectivity index (χ2n) is 6.30. The Balaban J connectivity index is 1.70. The number of ether oxygens (including phenoxy) is 1. The molecule has 1 aliphatic rings. The van der Waals surface area contributed by atoms with Crippen molar-refractivity contribution in [2.75, 3.05) is 18.4 Å². The molecule has 1 aromatic carbocycles. The number of nitrogens with one attached hydrogen (secondary N) is 2. The smallest absolute Gasteiger partial charge is 0.276 e. The number of para-hydroxylation sites is 2. The highest BCUT2D eigenvalue weighted by Gasteiger charge is 2.18. The van der Waals surface area contributed by atoms with Crippen LogP contribution in [-0.4, -0.2) is 34.9 Å². The maximum atomic E-state index is 12.5. The maximum Gasteiger partial charge on any atom is 0.276 e. The van der Waals surface area contributed by atoms with Crippen molar-refractivity contribution in [3.05, 3.63) is 42.2 Å². The Kier molecular flexibility index (Phi) is 5.15. The van der Waals surface area contributed by atoms with Gasteiger partial charge in [-0.2, -0.15) is 5.10 Å². The first-order valence-corrected chi connectivity index (χ1v) is 8.46. The van der Waals surface area contributed by atoms with Crippen LogP contribution in [0.3, 0.4) is 0 Å². The monoisotopic (exact) mass is 328 g/mol. The number of anilines is 1. The number of benzene rings is 1. The third-order valence-corrected chi connectivity index (χ3v) is 3.98. The Labute approximate surface area is 142 Å². The minimum atomic E-state index is -0.225. The van der Waals surface area contributed by atoms with E-state index in [2.05, 4.69) is 15.7 Å². The van der Waals surface area contributed by atoms with Gasteiger partial charge in [-0.05, 0) is 51.4 Å². The molecule has 6 nitrogen and oxygen atoms in total. The number of rotatable bonds is 5. The summed E-state index contributed by atoms with van der Waals surface area (Å²) in [6.07, 6.45) is 4.14. The predicted molar refractivity (Wildman–Crippen MR) is 93.5 cm³/mol. The van der Waals surface area contributed by atoms with Gasteiger partial charge in [0.05, 0.1) is 17.8 Å². The summed E-state index contributed by atoms with van der Waals surface area (Å²) in [7, 11) is 0. The predicted octanol–water partition coefficient (Wildman–Crippen LogP) is 2.85. The topological polar surface area (TPSA) is 68.2 Å². The molecule has 1 saturated heterocycles. The number of hydrogen-bond donors (Lipinski definition) is 2. The molecule has 0 spiro atoms. The van der Waals surface area contributed by atoms with Crippen molar-refractivity contribution in [3.63, 3.8) is 0 Å². The van der Waals surface area contributed by atoms with Crippen molar-refractivity contribution < 1.29 is 9.53 Å². The number of amides is 1. The molecule has 128 valence electrons. The average molecular weight is 328 g/mol. The lowest BCUT2D eigenvalue weighted by Gasteiger charge is -2.22. The van der Waals surface area contributed by atoms with Gasteiger partial charge in [-0.25, -0.2) is 0 Å². The molecule has 2 heterocycles. The minimum Gasteiger partial charge on any atom is -0.489 e. The van der Waals surface area contributed by atoms with Gasteiger partial charge in [0.1, 0.15) is 5.75 Å². The Morgan fingerprint density at radius 3 is 2.96 bits per heavy atom. The fourth-order valence-electron chi connectivity index (χ4n) is 2.83. The largest absolute Gasteiger partial charge is 0.489 e. The molecule has 1 atom stereocenters. The van der Waals surface area contributed by atoms with Gasteiger partial charge in [0.15, 0.2) is 5.69 Å². The summed E-state index contributed by atoms with van der Waals surface area (Å²) in [6, 6.07) is 9.51. The van der Waals surface area contributed by atoms with Gasteiger partial charge in [-0.1, -0.05) is 12.1 Å². The Bertz CT molecular complexity index is 690. The molecular formula is C18H24N4O2. The number of nitrogens with zero attached hydrogens (tertiary/aromatic N) is 2. The van der Waals surface area contributed by atoms with E-state index in [1.807, 2.05) is 49.0 Å². The summed E-state index contributed by atoms with van der Waals surface area (Å²) in [4.78, 5) is 12.5. The number of hydrogen-bond acceptors (Lipinski definition) is 4. The van der Waals surface area contributed by atoms with Crippen molar-refractivity contribution in [2.45, 2.75) is 38.8 Å². The molecule has 6 heteroatoms. The third-order valence-electron chi connectivity index (χ3n) is 3.98. The van der Waals surface area contributed by atoms with Crippen LogP contribution in [-0.2, 0) is 0 Å². The first-order chi connectivity index (χ1) is 11.6. The van der Waals surface area contributed by atoms with E-state index in [-0.39, 0.29) is 12.0 Å². The van der Waals surface area contributed by atoms with Crippen LogP contribution in [0, 0.1) is 0 Å². The van der Waals surface area contributed by atoms with Gasteiger partial charge in [0, 0.05) is 12.7 Å². The molecule has 2 aromatic rings.